The molecular weight excluding hydrogens is 194 g/mol. The van der Waals surface area contributed by atoms with Crippen molar-refractivity contribution in [2.24, 2.45) is 13.0 Å². The molecule has 1 saturated heterocycles. The minimum Gasteiger partial charge on any atom is -0.481 e. The third-order valence-electron chi connectivity index (χ3n) is 3.20. The van der Waals surface area contributed by atoms with E-state index in [4.69, 9.17) is 5.11 Å². The summed E-state index contributed by atoms with van der Waals surface area (Å²) in [5.41, 5.74) is 2.10. The lowest BCUT2D eigenvalue weighted by Gasteiger charge is -2.13. The Morgan fingerprint density at radius 3 is 2.93 bits per heavy atom. The Kier molecular flexibility index (Phi) is 2.48. The number of hydrogen-bond acceptors (Lipinski definition) is 3. The molecule has 0 radical (unpaired) electrons. The van der Waals surface area contributed by atoms with Gasteiger partial charge in [0, 0.05) is 31.7 Å². The van der Waals surface area contributed by atoms with Crippen LogP contribution in [-0.4, -0.2) is 33.9 Å². The predicted octanol–water partition coefficient (Wildman–Crippen LogP) is 0.116. The molecule has 15 heavy (non-hydrogen) atoms. The smallest absolute Gasteiger partial charge is 0.308 e. The van der Waals surface area contributed by atoms with Gasteiger partial charge in [0.25, 0.3) is 0 Å². The lowest BCUT2D eigenvalue weighted by atomic mass is 9.89. The van der Waals surface area contributed by atoms with Crippen LogP contribution in [0.3, 0.4) is 0 Å². The molecule has 1 aromatic heterocycles. The van der Waals surface area contributed by atoms with Crippen LogP contribution in [0.5, 0.6) is 0 Å². The minimum atomic E-state index is -0.728. The number of aliphatic carboxylic acids is 1. The Morgan fingerprint density at radius 1 is 1.67 bits per heavy atom. The zero-order valence-corrected chi connectivity index (χ0v) is 8.90. The van der Waals surface area contributed by atoms with Gasteiger partial charge >= 0.3 is 5.97 Å². The van der Waals surface area contributed by atoms with Crippen molar-refractivity contribution >= 4 is 5.97 Å². The van der Waals surface area contributed by atoms with Crippen molar-refractivity contribution in [3.8, 4) is 0 Å². The van der Waals surface area contributed by atoms with Crippen molar-refractivity contribution in [1.82, 2.24) is 15.1 Å². The number of carboxylic acid groups (broad SMARTS) is 1. The second-order valence-electron chi connectivity index (χ2n) is 4.02. The molecule has 5 heteroatoms. The Morgan fingerprint density at radius 2 is 2.40 bits per heavy atom. The van der Waals surface area contributed by atoms with Crippen LogP contribution < -0.4 is 5.32 Å². The Balaban J connectivity index is 2.30. The van der Waals surface area contributed by atoms with Gasteiger partial charge in [0.2, 0.25) is 0 Å². The van der Waals surface area contributed by atoms with Crippen LogP contribution in [0.25, 0.3) is 0 Å². The SMILES string of the molecule is Cc1c([C@@H]2CNC[C@H]2C(=O)O)cnn1C. The van der Waals surface area contributed by atoms with E-state index in [0.717, 1.165) is 17.8 Å². The first-order chi connectivity index (χ1) is 7.11. The molecular formula is C10H15N3O2. The third kappa shape index (κ3) is 1.63. The molecule has 1 aliphatic heterocycles. The van der Waals surface area contributed by atoms with Crippen molar-refractivity contribution in [3.05, 3.63) is 17.5 Å². The molecule has 0 aromatic carbocycles. The maximum atomic E-state index is 11.0. The number of rotatable bonds is 2. The van der Waals surface area contributed by atoms with Crippen molar-refractivity contribution in [1.29, 1.82) is 0 Å². The minimum absolute atomic E-state index is 0.0520. The summed E-state index contributed by atoms with van der Waals surface area (Å²) in [6, 6.07) is 0. The molecule has 1 aliphatic rings. The maximum absolute atomic E-state index is 11.0. The number of nitrogens with zero attached hydrogens (tertiary/aromatic N) is 2. The van der Waals surface area contributed by atoms with E-state index in [1.807, 2.05) is 14.0 Å². The Hall–Kier alpha value is -1.36. The van der Waals surface area contributed by atoms with Gasteiger partial charge in [-0.25, -0.2) is 0 Å². The van der Waals surface area contributed by atoms with Crippen LogP contribution >= 0.6 is 0 Å². The molecule has 0 amide bonds. The standard InChI is InChI=1S/C10H15N3O2/c1-6-7(5-12-13(6)2)8-3-11-4-9(8)10(14)15/h5,8-9,11H,3-4H2,1-2H3,(H,14,15)/t8-,9+/m0/s1. The molecule has 82 valence electrons. The molecule has 0 bridgehead atoms. The number of carboxylic acids is 1. The Labute approximate surface area is 88.1 Å². The van der Waals surface area contributed by atoms with Crippen LogP contribution in [0.15, 0.2) is 6.20 Å². The van der Waals surface area contributed by atoms with Crippen LogP contribution in [0.4, 0.5) is 0 Å². The third-order valence-corrected chi connectivity index (χ3v) is 3.20. The van der Waals surface area contributed by atoms with Crippen LogP contribution in [0.2, 0.25) is 0 Å². The van der Waals surface area contributed by atoms with E-state index in [9.17, 15) is 4.79 Å². The topological polar surface area (TPSA) is 67.2 Å². The highest BCUT2D eigenvalue weighted by molar-refractivity contribution is 5.72. The summed E-state index contributed by atoms with van der Waals surface area (Å²) in [5.74, 6) is -1.00. The van der Waals surface area contributed by atoms with Gasteiger partial charge < -0.3 is 10.4 Å². The molecule has 5 nitrogen and oxygen atoms in total. The molecule has 2 heterocycles. The lowest BCUT2D eigenvalue weighted by molar-refractivity contribution is -0.141. The molecule has 0 aliphatic carbocycles. The molecule has 0 saturated carbocycles. The number of hydrogen-bond donors (Lipinski definition) is 2. The van der Waals surface area contributed by atoms with E-state index in [2.05, 4.69) is 10.4 Å². The summed E-state index contributed by atoms with van der Waals surface area (Å²) in [6.07, 6.45) is 1.78. The van der Waals surface area contributed by atoms with Gasteiger partial charge in [-0.05, 0) is 12.5 Å². The molecule has 2 N–H and O–H groups in total. The van der Waals surface area contributed by atoms with Crippen molar-refractivity contribution in [2.45, 2.75) is 12.8 Å². The molecule has 0 spiro atoms. The average Bonchev–Trinajstić information content (AvgIpc) is 2.75. The first-order valence-electron chi connectivity index (χ1n) is 5.03. The number of aromatic nitrogens is 2. The number of aryl methyl sites for hydroxylation is 1. The molecule has 2 rings (SSSR count). The zero-order valence-electron chi connectivity index (χ0n) is 8.90. The highest BCUT2D eigenvalue weighted by atomic mass is 16.4. The van der Waals surface area contributed by atoms with Gasteiger partial charge in [0.1, 0.15) is 0 Å². The van der Waals surface area contributed by atoms with Crippen LogP contribution in [-0.2, 0) is 11.8 Å². The van der Waals surface area contributed by atoms with E-state index >= 15 is 0 Å². The lowest BCUT2D eigenvalue weighted by Crippen LogP contribution is -2.21. The predicted molar refractivity (Wildman–Crippen MR) is 54.7 cm³/mol. The van der Waals surface area contributed by atoms with E-state index in [-0.39, 0.29) is 11.8 Å². The van der Waals surface area contributed by atoms with E-state index in [1.165, 1.54) is 0 Å². The fourth-order valence-corrected chi connectivity index (χ4v) is 2.14. The van der Waals surface area contributed by atoms with Crippen molar-refractivity contribution < 1.29 is 9.90 Å². The van der Waals surface area contributed by atoms with Gasteiger partial charge in [-0.15, -0.1) is 0 Å². The normalized spacial score (nSPS) is 25.7. The Bertz CT molecular complexity index is 386. The van der Waals surface area contributed by atoms with Gasteiger partial charge in [-0.3, -0.25) is 9.48 Å². The first kappa shape index (κ1) is 10.2. The fourth-order valence-electron chi connectivity index (χ4n) is 2.14. The van der Waals surface area contributed by atoms with Crippen molar-refractivity contribution in [2.75, 3.05) is 13.1 Å². The second kappa shape index (κ2) is 3.66. The highest BCUT2D eigenvalue weighted by Crippen LogP contribution is 2.29. The van der Waals surface area contributed by atoms with Gasteiger partial charge in [-0.1, -0.05) is 0 Å². The average molecular weight is 209 g/mol. The maximum Gasteiger partial charge on any atom is 0.308 e. The second-order valence-corrected chi connectivity index (χ2v) is 4.02. The first-order valence-corrected chi connectivity index (χ1v) is 5.03. The van der Waals surface area contributed by atoms with Crippen molar-refractivity contribution in [3.63, 3.8) is 0 Å². The van der Waals surface area contributed by atoms with E-state index in [0.29, 0.717) is 6.54 Å². The number of nitrogens with one attached hydrogen (secondary N) is 1. The summed E-state index contributed by atoms with van der Waals surface area (Å²) in [6.45, 7) is 3.25. The summed E-state index contributed by atoms with van der Waals surface area (Å²) >= 11 is 0. The van der Waals surface area contributed by atoms with Crippen LogP contribution in [0.1, 0.15) is 17.2 Å². The zero-order chi connectivity index (χ0) is 11.0. The van der Waals surface area contributed by atoms with Gasteiger partial charge in [-0.2, -0.15) is 5.10 Å². The number of carbonyl (C=O) groups is 1. The van der Waals surface area contributed by atoms with Crippen LogP contribution in [0, 0.1) is 12.8 Å². The van der Waals surface area contributed by atoms with E-state index < -0.39 is 5.97 Å². The fraction of sp³-hybridized carbons (Fsp3) is 0.600. The summed E-state index contributed by atoms with van der Waals surface area (Å²) in [4.78, 5) is 11.0. The van der Waals surface area contributed by atoms with Gasteiger partial charge in [0.15, 0.2) is 0 Å². The molecule has 1 aromatic rings. The summed E-state index contributed by atoms with van der Waals surface area (Å²) < 4.78 is 1.78. The summed E-state index contributed by atoms with van der Waals surface area (Å²) in [7, 11) is 1.87. The molecule has 2 atom stereocenters. The molecule has 0 unspecified atom stereocenters. The quantitative estimate of drug-likeness (QED) is 0.725. The molecule has 1 fully saturated rings. The van der Waals surface area contributed by atoms with E-state index in [1.54, 1.807) is 10.9 Å². The highest BCUT2D eigenvalue weighted by Gasteiger charge is 2.35. The largest absolute Gasteiger partial charge is 0.481 e. The monoisotopic (exact) mass is 209 g/mol. The summed E-state index contributed by atoms with van der Waals surface area (Å²) in [5, 5.41) is 16.3. The van der Waals surface area contributed by atoms with Gasteiger partial charge in [0.05, 0.1) is 12.1 Å².